The van der Waals surface area contributed by atoms with Crippen molar-refractivity contribution in [1.82, 2.24) is 4.98 Å². The molecular formula is C15H10INO2S. The summed E-state index contributed by atoms with van der Waals surface area (Å²) in [5.41, 5.74) is 2.55. The molecule has 0 bridgehead atoms. The zero-order valence-corrected chi connectivity index (χ0v) is 13.6. The average Bonchev–Trinajstić information content (AvgIpc) is 2.89. The van der Waals surface area contributed by atoms with Crippen molar-refractivity contribution in [2.24, 2.45) is 0 Å². The number of nitrogens with zero attached hydrogens (tertiary/aromatic N) is 1. The molecule has 0 spiro atoms. The van der Waals surface area contributed by atoms with Crippen molar-refractivity contribution in [2.75, 3.05) is 7.11 Å². The lowest BCUT2D eigenvalue weighted by molar-refractivity contribution is 0.0601. The summed E-state index contributed by atoms with van der Waals surface area (Å²) in [5.74, 6) is -0.323. The lowest BCUT2D eigenvalue weighted by atomic mass is 10.2. The standard InChI is InChI=1S/C15H10INO2S/c1-19-15(18)10-5-6-12-13(8-10)20-14(17-12)9-3-2-4-11(16)7-9/h2-8H,1H3. The Morgan fingerprint density at radius 2 is 2.10 bits per heavy atom. The molecule has 0 aliphatic carbocycles. The van der Waals surface area contributed by atoms with Gasteiger partial charge >= 0.3 is 5.97 Å². The predicted octanol–water partition coefficient (Wildman–Crippen LogP) is 4.35. The van der Waals surface area contributed by atoms with Gasteiger partial charge in [-0.05, 0) is 52.9 Å². The van der Waals surface area contributed by atoms with E-state index < -0.39 is 0 Å². The predicted molar refractivity (Wildman–Crippen MR) is 89.1 cm³/mol. The highest BCUT2D eigenvalue weighted by Gasteiger charge is 2.10. The Bertz CT molecular complexity index is 797. The Balaban J connectivity index is 2.09. The van der Waals surface area contributed by atoms with Gasteiger partial charge in [-0.3, -0.25) is 0 Å². The van der Waals surface area contributed by atoms with Crippen LogP contribution in [-0.2, 0) is 4.74 Å². The first-order valence-corrected chi connectivity index (χ1v) is 7.82. The van der Waals surface area contributed by atoms with Gasteiger partial charge in [0.1, 0.15) is 5.01 Å². The molecule has 0 aliphatic rings. The maximum Gasteiger partial charge on any atom is 0.337 e. The lowest BCUT2D eigenvalue weighted by Crippen LogP contribution is -1.99. The van der Waals surface area contributed by atoms with Gasteiger partial charge in [0.25, 0.3) is 0 Å². The zero-order chi connectivity index (χ0) is 14.1. The van der Waals surface area contributed by atoms with Crippen LogP contribution in [0, 0.1) is 3.57 Å². The number of methoxy groups -OCH3 is 1. The molecule has 0 N–H and O–H groups in total. The lowest BCUT2D eigenvalue weighted by Gasteiger charge is -1.97. The van der Waals surface area contributed by atoms with E-state index in [1.165, 1.54) is 10.7 Å². The van der Waals surface area contributed by atoms with Gasteiger partial charge in [0.15, 0.2) is 0 Å². The number of hydrogen-bond acceptors (Lipinski definition) is 4. The van der Waals surface area contributed by atoms with E-state index in [1.807, 2.05) is 30.3 Å². The molecule has 0 aliphatic heterocycles. The van der Waals surface area contributed by atoms with Crippen LogP contribution in [0.1, 0.15) is 10.4 Å². The maximum atomic E-state index is 11.5. The highest BCUT2D eigenvalue weighted by molar-refractivity contribution is 14.1. The molecule has 2 aromatic carbocycles. The number of thiazole rings is 1. The Morgan fingerprint density at radius 1 is 1.25 bits per heavy atom. The second kappa shape index (κ2) is 5.49. The van der Waals surface area contributed by atoms with Crippen LogP contribution in [0.3, 0.4) is 0 Å². The van der Waals surface area contributed by atoms with Gasteiger partial charge in [-0.2, -0.15) is 0 Å². The van der Waals surface area contributed by atoms with E-state index in [2.05, 4.69) is 33.6 Å². The fraction of sp³-hybridized carbons (Fsp3) is 0.0667. The molecule has 0 saturated heterocycles. The molecule has 0 amide bonds. The minimum absolute atomic E-state index is 0.323. The van der Waals surface area contributed by atoms with Crippen molar-refractivity contribution in [1.29, 1.82) is 0 Å². The molecule has 0 unspecified atom stereocenters. The van der Waals surface area contributed by atoms with Crippen molar-refractivity contribution in [3.63, 3.8) is 0 Å². The molecule has 20 heavy (non-hydrogen) atoms. The number of hydrogen-bond donors (Lipinski definition) is 0. The number of benzene rings is 2. The van der Waals surface area contributed by atoms with E-state index >= 15 is 0 Å². The number of ether oxygens (including phenoxy) is 1. The zero-order valence-electron chi connectivity index (χ0n) is 10.6. The minimum Gasteiger partial charge on any atom is -0.465 e. The Kier molecular flexibility index (Phi) is 3.71. The number of carbonyl (C=O) groups excluding carboxylic acids is 1. The van der Waals surface area contributed by atoms with Crippen molar-refractivity contribution in [3.8, 4) is 10.6 Å². The molecular weight excluding hydrogens is 385 g/mol. The summed E-state index contributed by atoms with van der Waals surface area (Å²) in [7, 11) is 1.39. The molecule has 1 aromatic heterocycles. The van der Waals surface area contributed by atoms with Crippen LogP contribution in [0.15, 0.2) is 42.5 Å². The second-order valence-electron chi connectivity index (χ2n) is 4.20. The first-order chi connectivity index (χ1) is 9.67. The summed E-state index contributed by atoms with van der Waals surface area (Å²) in [4.78, 5) is 16.2. The third kappa shape index (κ3) is 2.55. The van der Waals surface area contributed by atoms with Gasteiger partial charge in [0.2, 0.25) is 0 Å². The van der Waals surface area contributed by atoms with Gasteiger partial charge in [0, 0.05) is 9.13 Å². The first kappa shape index (κ1) is 13.5. The number of esters is 1. The Morgan fingerprint density at radius 3 is 2.85 bits per heavy atom. The number of rotatable bonds is 2. The van der Waals surface area contributed by atoms with E-state index in [0.717, 1.165) is 20.8 Å². The normalized spacial score (nSPS) is 10.7. The van der Waals surface area contributed by atoms with Crippen molar-refractivity contribution >= 4 is 50.1 Å². The highest BCUT2D eigenvalue weighted by Crippen LogP contribution is 2.31. The van der Waals surface area contributed by atoms with Crippen molar-refractivity contribution < 1.29 is 9.53 Å². The Labute approximate surface area is 133 Å². The minimum atomic E-state index is -0.323. The van der Waals surface area contributed by atoms with Crippen LogP contribution < -0.4 is 0 Å². The number of halogens is 1. The summed E-state index contributed by atoms with van der Waals surface area (Å²) in [5, 5.41) is 0.959. The van der Waals surface area contributed by atoms with Gasteiger partial charge < -0.3 is 4.74 Å². The third-order valence-corrected chi connectivity index (χ3v) is 4.62. The van der Waals surface area contributed by atoms with Crippen LogP contribution in [0.5, 0.6) is 0 Å². The quantitative estimate of drug-likeness (QED) is 0.478. The molecule has 3 nitrogen and oxygen atoms in total. The van der Waals surface area contributed by atoms with Crippen LogP contribution in [-0.4, -0.2) is 18.1 Å². The highest BCUT2D eigenvalue weighted by atomic mass is 127. The molecule has 0 radical (unpaired) electrons. The molecule has 0 atom stereocenters. The fourth-order valence-corrected chi connectivity index (χ4v) is 3.46. The topological polar surface area (TPSA) is 39.2 Å². The molecule has 0 fully saturated rings. The van der Waals surface area contributed by atoms with E-state index in [4.69, 9.17) is 4.74 Å². The van der Waals surface area contributed by atoms with E-state index in [1.54, 1.807) is 17.4 Å². The van der Waals surface area contributed by atoms with Gasteiger partial charge in [0.05, 0.1) is 22.9 Å². The average molecular weight is 395 g/mol. The monoisotopic (exact) mass is 395 g/mol. The van der Waals surface area contributed by atoms with E-state index in [9.17, 15) is 4.79 Å². The van der Waals surface area contributed by atoms with Gasteiger partial charge in [-0.1, -0.05) is 12.1 Å². The summed E-state index contributed by atoms with van der Waals surface area (Å²) in [6.07, 6.45) is 0. The number of fused-ring (bicyclic) bond motifs is 1. The first-order valence-electron chi connectivity index (χ1n) is 5.92. The summed E-state index contributed by atoms with van der Waals surface area (Å²) in [6, 6.07) is 13.6. The SMILES string of the molecule is COC(=O)c1ccc2nc(-c3cccc(I)c3)sc2c1. The second-order valence-corrected chi connectivity index (χ2v) is 6.48. The smallest absolute Gasteiger partial charge is 0.337 e. The van der Waals surface area contributed by atoms with Gasteiger partial charge in [-0.15, -0.1) is 11.3 Å². The van der Waals surface area contributed by atoms with E-state index in [0.29, 0.717) is 5.56 Å². The Hall–Kier alpha value is -1.47. The van der Waals surface area contributed by atoms with Crippen LogP contribution in [0.25, 0.3) is 20.8 Å². The summed E-state index contributed by atoms with van der Waals surface area (Å²) >= 11 is 3.86. The van der Waals surface area contributed by atoms with Gasteiger partial charge in [-0.25, -0.2) is 9.78 Å². The van der Waals surface area contributed by atoms with Crippen LogP contribution in [0.2, 0.25) is 0 Å². The third-order valence-electron chi connectivity index (χ3n) is 2.88. The molecule has 3 aromatic rings. The number of aromatic nitrogens is 1. The van der Waals surface area contributed by atoms with Crippen LogP contribution in [0.4, 0.5) is 0 Å². The molecule has 100 valence electrons. The summed E-state index contributed by atoms with van der Waals surface area (Å²) < 4.78 is 6.90. The maximum absolute atomic E-state index is 11.5. The largest absolute Gasteiger partial charge is 0.465 e. The van der Waals surface area contributed by atoms with E-state index in [-0.39, 0.29) is 5.97 Å². The molecule has 1 heterocycles. The molecule has 3 rings (SSSR count). The fourth-order valence-electron chi connectivity index (χ4n) is 1.91. The van der Waals surface area contributed by atoms with Crippen molar-refractivity contribution in [3.05, 3.63) is 51.6 Å². The molecule has 0 saturated carbocycles. The van der Waals surface area contributed by atoms with Crippen molar-refractivity contribution in [2.45, 2.75) is 0 Å². The number of carbonyl (C=O) groups is 1. The molecule has 5 heteroatoms. The summed E-state index contributed by atoms with van der Waals surface area (Å²) in [6.45, 7) is 0. The van der Waals surface area contributed by atoms with Crippen LogP contribution >= 0.6 is 33.9 Å².